The van der Waals surface area contributed by atoms with E-state index in [1.807, 2.05) is 12.4 Å². The SMILES string of the molecule is c1cc(-c2ccncc2)c2ccc3c4c(ccc3c2c1)CCCC4. The van der Waals surface area contributed by atoms with E-state index in [1.54, 1.807) is 11.1 Å². The summed E-state index contributed by atoms with van der Waals surface area (Å²) in [6.07, 6.45) is 8.85. The van der Waals surface area contributed by atoms with Gasteiger partial charge in [-0.2, -0.15) is 0 Å². The van der Waals surface area contributed by atoms with Gasteiger partial charge in [0.05, 0.1) is 0 Å². The van der Waals surface area contributed by atoms with Crippen LogP contribution in [0.2, 0.25) is 0 Å². The molecular formula is C23H19N. The lowest BCUT2D eigenvalue weighted by Crippen LogP contribution is -2.03. The molecule has 0 spiro atoms. The molecule has 0 N–H and O–H groups in total. The van der Waals surface area contributed by atoms with Crippen LogP contribution in [0.4, 0.5) is 0 Å². The molecule has 1 aromatic heterocycles. The molecule has 0 aliphatic heterocycles. The summed E-state index contributed by atoms with van der Waals surface area (Å²) in [7, 11) is 0. The Morgan fingerprint density at radius 1 is 0.625 bits per heavy atom. The highest BCUT2D eigenvalue weighted by Crippen LogP contribution is 2.36. The van der Waals surface area contributed by atoms with Crippen molar-refractivity contribution >= 4 is 21.5 Å². The molecule has 1 aliphatic rings. The molecule has 5 rings (SSSR count). The number of aromatic nitrogens is 1. The summed E-state index contributed by atoms with van der Waals surface area (Å²) in [5, 5.41) is 5.53. The van der Waals surface area contributed by atoms with Gasteiger partial charge in [0, 0.05) is 12.4 Å². The summed E-state index contributed by atoms with van der Waals surface area (Å²) in [5.74, 6) is 0. The first kappa shape index (κ1) is 13.7. The van der Waals surface area contributed by atoms with Gasteiger partial charge in [0.15, 0.2) is 0 Å². The van der Waals surface area contributed by atoms with Crippen LogP contribution >= 0.6 is 0 Å². The summed E-state index contributed by atoms with van der Waals surface area (Å²) in [6, 6.07) is 20.2. The molecule has 0 unspecified atom stereocenters. The van der Waals surface area contributed by atoms with Gasteiger partial charge in [-0.15, -0.1) is 0 Å². The van der Waals surface area contributed by atoms with Crippen LogP contribution in [0.3, 0.4) is 0 Å². The Hall–Kier alpha value is -2.67. The second-order valence-electron chi connectivity index (χ2n) is 6.71. The van der Waals surface area contributed by atoms with Gasteiger partial charge in [-0.05, 0) is 81.6 Å². The third-order valence-electron chi connectivity index (χ3n) is 5.38. The van der Waals surface area contributed by atoms with Crippen molar-refractivity contribution in [1.82, 2.24) is 4.98 Å². The first-order chi connectivity index (χ1) is 11.9. The van der Waals surface area contributed by atoms with Crippen molar-refractivity contribution in [2.24, 2.45) is 0 Å². The zero-order chi connectivity index (χ0) is 15.9. The Kier molecular flexibility index (Phi) is 3.12. The van der Waals surface area contributed by atoms with E-state index in [2.05, 4.69) is 59.6 Å². The van der Waals surface area contributed by atoms with Crippen LogP contribution in [-0.2, 0) is 12.8 Å². The van der Waals surface area contributed by atoms with Crippen LogP contribution in [0.1, 0.15) is 24.0 Å². The Morgan fingerprint density at radius 3 is 2.29 bits per heavy atom. The van der Waals surface area contributed by atoms with E-state index in [9.17, 15) is 0 Å². The van der Waals surface area contributed by atoms with Gasteiger partial charge >= 0.3 is 0 Å². The van der Waals surface area contributed by atoms with E-state index < -0.39 is 0 Å². The number of hydrogen-bond donors (Lipinski definition) is 0. The van der Waals surface area contributed by atoms with Gasteiger partial charge in [-0.25, -0.2) is 0 Å². The van der Waals surface area contributed by atoms with Crippen molar-refractivity contribution in [2.75, 3.05) is 0 Å². The highest BCUT2D eigenvalue weighted by molar-refractivity contribution is 6.13. The number of hydrogen-bond acceptors (Lipinski definition) is 1. The molecule has 1 aliphatic carbocycles. The maximum atomic E-state index is 4.15. The Morgan fingerprint density at radius 2 is 1.38 bits per heavy atom. The van der Waals surface area contributed by atoms with Crippen LogP contribution in [0.25, 0.3) is 32.7 Å². The molecule has 3 aromatic carbocycles. The maximum Gasteiger partial charge on any atom is 0.0273 e. The van der Waals surface area contributed by atoms with E-state index in [-0.39, 0.29) is 0 Å². The van der Waals surface area contributed by atoms with Crippen molar-refractivity contribution < 1.29 is 0 Å². The lowest BCUT2D eigenvalue weighted by molar-refractivity contribution is 0.690. The molecule has 24 heavy (non-hydrogen) atoms. The van der Waals surface area contributed by atoms with Crippen molar-refractivity contribution in [3.63, 3.8) is 0 Å². The van der Waals surface area contributed by atoms with Gasteiger partial charge < -0.3 is 0 Å². The standard InChI is InChI=1S/C23H19N/c1-2-5-18-16(4-1)8-9-23-20-7-3-6-19(17-12-14-24-15-13-17)21(20)10-11-22(18)23/h3,6-15H,1-2,4-5H2. The van der Waals surface area contributed by atoms with Gasteiger partial charge in [0.25, 0.3) is 0 Å². The number of pyridine rings is 1. The molecule has 0 fully saturated rings. The van der Waals surface area contributed by atoms with Crippen LogP contribution in [0, 0.1) is 0 Å². The summed E-state index contributed by atoms with van der Waals surface area (Å²) in [5.41, 5.74) is 5.65. The minimum atomic E-state index is 1.22. The van der Waals surface area contributed by atoms with E-state index in [4.69, 9.17) is 0 Å². The fraction of sp³-hybridized carbons (Fsp3) is 0.174. The van der Waals surface area contributed by atoms with E-state index in [0.717, 1.165) is 0 Å². The minimum Gasteiger partial charge on any atom is -0.265 e. The molecule has 1 nitrogen and oxygen atoms in total. The van der Waals surface area contributed by atoms with Crippen LogP contribution in [0.5, 0.6) is 0 Å². The van der Waals surface area contributed by atoms with Crippen molar-refractivity contribution in [2.45, 2.75) is 25.7 Å². The van der Waals surface area contributed by atoms with Crippen molar-refractivity contribution in [1.29, 1.82) is 0 Å². The number of aryl methyl sites for hydroxylation is 2. The van der Waals surface area contributed by atoms with Gasteiger partial charge in [-0.1, -0.05) is 42.5 Å². The fourth-order valence-corrected chi connectivity index (χ4v) is 4.21. The largest absolute Gasteiger partial charge is 0.265 e. The summed E-state index contributed by atoms with van der Waals surface area (Å²) in [6.45, 7) is 0. The van der Waals surface area contributed by atoms with Gasteiger partial charge in [-0.3, -0.25) is 4.98 Å². The van der Waals surface area contributed by atoms with E-state index in [1.165, 1.54) is 58.4 Å². The summed E-state index contributed by atoms with van der Waals surface area (Å²) < 4.78 is 0. The molecule has 0 amide bonds. The zero-order valence-electron chi connectivity index (χ0n) is 13.6. The quantitative estimate of drug-likeness (QED) is 0.397. The summed E-state index contributed by atoms with van der Waals surface area (Å²) in [4.78, 5) is 4.15. The molecular weight excluding hydrogens is 290 g/mol. The molecule has 0 saturated carbocycles. The molecule has 0 radical (unpaired) electrons. The molecule has 1 heterocycles. The third-order valence-corrected chi connectivity index (χ3v) is 5.38. The lowest BCUT2D eigenvalue weighted by Gasteiger charge is -2.19. The maximum absolute atomic E-state index is 4.15. The Bertz CT molecular complexity index is 1050. The lowest BCUT2D eigenvalue weighted by atomic mass is 9.86. The number of benzene rings is 3. The van der Waals surface area contributed by atoms with Crippen molar-refractivity contribution in [3.8, 4) is 11.1 Å². The topological polar surface area (TPSA) is 12.9 Å². The molecule has 116 valence electrons. The second-order valence-corrected chi connectivity index (χ2v) is 6.71. The molecule has 0 atom stereocenters. The highest BCUT2D eigenvalue weighted by Gasteiger charge is 2.14. The smallest absolute Gasteiger partial charge is 0.0273 e. The minimum absolute atomic E-state index is 1.22. The monoisotopic (exact) mass is 309 g/mol. The normalized spacial score (nSPS) is 14.0. The van der Waals surface area contributed by atoms with Crippen LogP contribution < -0.4 is 0 Å². The second kappa shape index (κ2) is 5.45. The number of rotatable bonds is 1. The van der Waals surface area contributed by atoms with Gasteiger partial charge in [0.1, 0.15) is 0 Å². The Balaban J connectivity index is 1.84. The molecule has 1 heteroatoms. The molecule has 0 bridgehead atoms. The zero-order valence-corrected chi connectivity index (χ0v) is 13.6. The van der Waals surface area contributed by atoms with E-state index in [0.29, 0.717) is 0 Å². The molecule has 0 saturated heterocycles. The van der Waals surface area contributed by atoms with Crippen LogP contribution in [0.15, 0.2) is 67.0 Å². The predicted molar refractivity (Wildman–Crippen MR) is 101 cm³/mol. The Labute approximate surface area is 142 Å². The van der Waals surface area contributed by atoms with E-state index >= 15 is 0 Å². The fourth-order valence-electron chi connectivity index (χ4n) is 4.21. The predicted octanol–water partition coefficient (Wildman–Crippen LogP) is 5.93. The third kappa shape index (κ3) is 2.05. The average Bonchev–Trinajstić information content (AvgIpc) is 2.67. The highest BCUT2D eigenvalue weighted by atomic mass is 14.6. The van der Waals surface area contributed by atoms with Crippen molar-refractivity contribution in [3.05, 3.63) is 78.1 Å². The summed E-state index contributed by atoms with van der Waals surface area (Å²) >= 11 is 0. The molecule has 4 aromatic rings. The first-order valence-electron chi connectivity index (χ1n) is 8.78. The van der Waals surface area contributed by atoms with Crippen LogP contribution in [-0.4, -0.2) is 4.98 Å². The first-order valence-corrected chi connectivity index (χ1v) is 8.78. The number of nitrogens with zero attached hydrogens (tertiary/aromatic N) is 1. The average molecular weight is 309 g/mol. The van der Waals surface area contributed by atoms with Gasteiger partial charge in [0.2, 0.25) is 0 Å². The number of fused-ring (bicyclic) bond motifs is 5.